The minimum atomic E-state index is -3.54. The minimum absolute atomic E-state index is 0. The Bertz CT molecular complexity index is 781. The van der Waals surface area contributed by atoms with Gasteiger partial charge in [0.05, 0.1) is 10.9 Å². The predicted molar refractivity (Wildman–Crippen MR) is 82.5 cm³/mol. The number of aliphatic imine (C=N–C) groups is 1. The third-order valence-corrected chi connectivity index (χ3v) is 5.54. The first kappa shape index (κ1) is 15.5. The Labute approximate surface area is 128 Å². The van der Waals surface area contributed by atoms with Crippen molar-refractivity contribution < 1.29 is 13.2 Å². The average molecular weight is 325 g/mol. The van der Waals surface area contributed by atoms with Gasteiger partial charge in [-0.3, -0.25) is 9.79 Å². The van der Waals surface area contributed by atoms with Crippen LogP contribution in [0.2, 0.25) is 0 Å². The van der Waals surface area contributed by atoms with Crippen molar-refractivity contribution in [2.24, 2.45) is 10.7 Å². The van der Waals surface area contributed by atoms with Crippen LogP contribution < -0.4 is 5.73 Å². The number of sulfone groups is 1. The van der Waals surface area contributed by atoms with Crippen molar-refractivity contribution in [1.82, 2.24) is 0 Å². The highest BCUT2D eigenvalue weighted by Gasteiger charge is 2.36. The van der Waals surface area contributed by atoms with Crippen molar-refractivity contribution in [2.75, 3.05) is 0 Å². The summed E-state index contributed by atoms with van der Waals surface area (Å²) in [6.07, 6.45) is 5.97. The van der Waals surface area contributed by atoms with Gasteiger partial charge >= 0.3 is 0 Å². The SMILES string of the molecule is Cl.NC(=O)C1=CC2N=Cc3ccccc3S(=O)(=O)C2C=C1. The van der Waals surface area contributed by atoms with Crippen LogP contribution in [-0.2, 0) is 14.6 Å². The Hall–Kier alpha value is -1.92. The maximum Gasteiger partial charge on any atom is 0.248 e. The van der Waals surface area contributed by atoms with Crippen LogP contribution in [0.15, 0.2) is 58.0 Å². The fourth-order valence-corrected chi connectivity index (χ4v) is 4.20. The highest BCUT2D eigenvalue weighted by Crippen LogP contribution is 2.29. The molecule has 0 saturated carbocycles. The highest BCUT2D eigenvalue weighted by molar-refractivity contribution is 7.92. The van der Waals surface area contributed by atoms with E-state index in [2.05, 4.69) is 4.99 Å². The summed E-state index contributed by atoms with van der Waals surface area (Å²) < 4.78 is 25.3. The van der Waals surface area contributed by atoms with E-state index in [0.29, 0.717) is 5.56 Å². The number of fused-ring (bicyclic) bond motifs is 2. The molecule has 7 heteroatoms. The fourth-order valence-electron chi connectivity index (χ4n) is 2.39. The zero-order valence-corrected chi connectivity index (χ0v) is 12.5. The van der Waals surface area contributed by atoms with Crippen molar-refractivity contribution in [1.29, 1.82) is 0 Å². The molecule has 1 amide bonds. The number of hydrogen-bond acceptors (Lipinski definition) is 4. The number of carbonyl (C=O) groups is 1. The molecule has 1 heterocycles. The second-order valence-electron chi connectivity index (χ2n) is 4.66. The maximum absolute atomic E-state index is 12.7. The zero-order chi connectivity index (χ0) is 14.3. The standard InChI is InChI=1S/C14H12N2O3S.ClH/c15-14(17)9-5-6-13-11(7-9)16-8-10-3-1-2-4-12(10)20(13,18)19;/h1-8,11,13H,(H2,15,17);1H. The van der Waals surface area contributed by atoms with Crippen molar-refractivity contribution in [3.8, 4) is 0 Å². The minimum Gasteiger partial charge on any atom is -0.366 e. The lowest BCUT2D eigenvalue weighted by atomic mass is 10.0. The van der Waals surface area contributed by atoms with Crippen molar-refractivity contribution in [3.63, 3.8) is 0 Å². The largest absolute Gasteiger partial charge is 0.366 e. The molecule has 2 N–H and O–H groups in total. The fraction of sp³-hybridized carbons (Fsp3) is 0.143. The third kappa shape index (κ3) is 2.52. The maximum atomic E-state index is 12.7. The first-order valence-electron chi connectivity index (χ1n) is 6.06. The first-order valence-corrected chi connectivity index (χ1v) is 7.61. The molecule has 0 aromatic heterocycles. The molecule has 1 aliphatic heterocycles. The lowest BCUT2D eigenvalue weighted by Gasteiger charge is -2.21. The number of amides is 1. The van der Waals surface area contributed by atoms with Crippen LogP contribution in [0, 0.1) is 0 Å². The van der Waals surface area contributed by atoms with Gasteiger partial charge in [-0.2, -0.15) is 0 Å². The van der Waals surface area contributed by atoms with Gasteiger partial charge in [0.1, 0.15) is 5.25 Å². The van der Waals surface area contributed by atoms with Gasteiger partial charge in [-0.15, -0.1) is 12.4 Å². The Morgan fingerprint density at radius 2 is 1.95 bits per heavy atom. The Morgan fingerprint density at radius 1 is 1.24 bits per heavy atom. The number of nitrogens with zero attached hydrogens (tertiary/aromatic N) is 1. The van der Waals surface area contributed by atoms with E-state index in [0.717, 1.165) is 0 Å². The van der Waals surface area contributed by atoms with E-state index in [4.69, 9.17) is 5.73 Å². The van der Waals surface area contributed by atoms with Crippen molar-refractivity contribution in [2.45, 2.75) is 16.2 Å². The highest BCUT2D eigenvalue weighted by atomic mass is 35.5. The summed E-state index contributed by atoms with van der Waals surface area (Å²) in [5.41, 5.74) is 6.06. The van der Waals surface area contributed by atoms with E-state index in [-0.39, 0.29) is 22.9 Å². The van der Waals surface area contributed by atoms with Gasteiger partial charge in [0.2, 0.25) is 5.91 Å². The predicted octanol–water partition coefficient (Wildman–Crippen LogP) is 1.03. The number of carbonyl (C=O) groups excluding carboxylic acids is 1. The van der Waals surface area contributed by atoms with E-state index in [1.54, 1.807) is 24.3 Å². The van der Waals surface area contributed by atoms with Crippen LogP contribution in [-0.4, -0.2) is 31.8 Å². The van der Waals surface area contributed by atoms with E-state index in [1.807, 2.05) is 0 Å². The molecular weight excluding hydrogens is 312 g/mol. The summed E-state index contributed by atoms with van der Waals surface area (Å²) in [5, 5.41) is -0.800. The number of nitrogens with two attached hydrogens (primary N) is 1. The topological polar surface area (TPSA) is 89.6 Å². The first-order chi connectivity index (χ1) is 9.50. The van der Waals surface area contributed by atoms with E-state index < -0.39 is 27.0 Å². The van der Waals surface area contributed by atoms with Crippen molar-refractivity contribution in [3.05, 3.63) is 53.6 Å². The van der Waals surface area contributed by atoms with Crippen LogP contribution in [0.4, 0.5) is 0 Å². The van der Waals surface area contributed by atoms with Crippen LogP contribution in [0.25, 0.3) is 0 Å². The molecule has 21 heavy (non-hydrogen) atoms. The Kier molecular flexibility index (Phi) is 4.02. The number of primary amides is 1. The van der Waals surface area contributed by atoms with Gasteiger partial charge in [0.15, 0.2) is 9.84 Å². The monoisotopic (exact) mass is 324 g/mol. The summed E-state index contributed by atoms with van der Waals surface area (Å²) in [7, 11) is -3.54. The van der Waals surface area contributed by atoms with Crippen LogP contribution in [0.5, 0.6) is 0 Å². The molecule has 5 nitrogen and oxygen atoms in total. The molecule has 0 bridgehead atoms. The Morgan fingerprint density at radius 3 is 2.67 bits per heavy atom. The molecule has 3 rings (SSSR count). The lowest BCUT2D eigenvalue weighted by molar-refractivity contribution is -0.114. The van der Waals surface area contributed by atoms with Crippen LogP contribution >= 0.6 is 12.4 Å². The molecule has 110 valence electrons. The molecule has 2 atom stereocenters. The normalized spacial score (nSPS) is 24.9. The van der Waals surface area contributed by atoms with Gasteiger partial charge in [0.25, 0.3) is 0 Å². The second-order valence-corrected chi connectivity index (χ2v) is 6.74. The van der Waals surface area contributed by atoms with Crippen LogP contribution in [0.1, 0.15) is 5.56 Å². The lowest BCUT2D eigenvalue weighted by Crippen LogP contribution is -2.32. The zero-order valence-electron chi connectivity index (χ0n) is 10.8. The van der Waals surface area contributed by atoms with Crippen LogP contribution in [0.3, 0.4) is 0 Å². The van der Waals surface area contributed by atoms with Gasteiger partial charge in [0, 0.05) is 17.4 Å². The van der Waals surface area contributed by atoms with E-state index in [9.17, 15) is 13.2 Å². The van der Waals surface area contributed by atoms with E-state index >= 15 is 0 Å². The van der Waals surface area contributed by atoms with Gasteiger partial charge in [-0.1, -0.05) is 30.4 Å². The number of benzene rings is 1. The quantitative estimate of drug-likeness (QED) is 0.836. The molecule has 0 spiro atoms. The van der Waals surface area contributed by atoms with Gasteiger partial charge < -0.3 is 5.73 Å². The van der Waals surface area contributed by atoms with Gasteiger partial charge in [-0.25, -0.2) is 8.42 Å². The summed E-state index contributed by atoms with van der Waals surface area (Å²) in [5.74, 6) is -0.589. The summed E-state index contributed by atoms with van der Waals surface area (Å²) in [6, 6.07) is 6.09. The van der Waals surface area contributed by atoms with E-state index in [1.165, 1.54) is 24.4 Å². The van der Waals surface area contributed by atoms with Crippen molar-refractivity contribution >= 4 is 34.4 Å². The molecule has 1 aliphatic carbocycles. The third-order valence-electron chi connectivity index (χ3n) is 3.41. The Balaban J connectivity index is 0.00000161. The number of rotatable bonds is 1. The van der Waals surface area contributed by atoms with Gasteiger partial charge in [-0.05, 0) is 12.1 Å². The summed E-state index contributed by atoms with van der Waals surface area (Å²) in [4.78, 5) is 15.7. The summed E-state index contributed by atoms with van der Waals surface area (Å²) in [6.45, 7) is 0. The second kappa shape index (κ2) is 5.46. The number of hydrogen-bond donors (Lipinski definition) is 1. The molecule has 0 fully saturated rings. The molecular formula is C14H13ClN2O3S. The molecule has 2 unspecified atom stereocenters. The molecule has 1 aromatic carbocycles. The smallest absolute Gasteiger partial charge is 0.248 e. The molecule has 2 aliphatic rings. The molecule has 0 radical (unpaired) electrons. The summed E-state index contributed by atoms with van der Waals surface area (Å²) >= 11 is 0. The average Bonchev–Trinajstić information content (AvgIpc) is 2.55. The molecule has 1 aromatic rings. The molecule has 0 saturated heterocycles. The number of halogens is 1.